The molecule has 0 bridgehead atoms. The number of fused-ring (bicyclic) bond motifs is 1. The van der Waals surface area contributed by atoms with Gasteiger partial charge in [-0.3, -0.25) is 9.89 Å². The number of aromatic amines is 1. The van der Waals surface area contributed by atoms with Crippen molar-refractivity contribution in [2.75, 3.05) is 25.1 Å². The zero-order chi connectivity index (χ0) is 14.8. The molecular weight excluding hydrogens is 282 g/mol. The van der Waals surface area contributed by atoms with Gasteiger partial charge in [0.25, 0.3) is 5.91 Å². The Kier molecular flexibility index (Phi) is 3.91. The van der Waals surface area contributed by atoms with Gasteiger partial charge in [0.15, 0.2) is 5.69 Å². The highest BCUT2D eigenvalue weighted by molar-refractivity contribution is 7.89. The average molecular weight is 297 g/mol. The van der Waals surface area contributed by atoms with Crippen molar-refractivity contribution in [2.45, 2.75) is 0 Å². The van der Waals surface area contributed by atoms with Gasteiger partial charge < -0.3 is 11.1 Å². The summed E-state index contributed by atoms with van der Waals surface area (Å²) in [6.45, 7) is -0.00131. The lowest BCUT2D eigenvalue weighted by Gasteiger charge is -2.04. The van der Waals surface area contributed by atoms with Crippen LogP contribution < -0.4 is 15.8 Å². The molecule has 0 aliphatic rings. The number of nitrogens with zero attached hydrogens (tertiary/aromatic N) is 1. The molecule has 0 spiro atoms. The Bertz CT molecular complexity index is 738. The van der Waals surface area contributed by atoms with Crippen LogP contribution in [0.2, 0.25) is 0 Å². The zero-order valence-corrected chi connectivity index (χ0v) is 11.6. The monoisotopic (exact) mass is 297 g/mol. The van der Waals surface area contributed by atoms with E-state index in [9.17, 15) is 13.2 Å². The van der Waals surface area contributed by atoms with Gasteiger partial charge >= 0.3 is 0 Å². The minimum Gasteiger partial charge on any atom is -0.399 e. The Labute approximate surface area is 115 Å². The Morgan fingerprint density at radius 2 is 2.20 bits per heavy atom. The van der Waals surface area contributed by atoms with Crippen molar-refractivity contribution in [1.82, 2.24) is 20.2 Å². The van der Waals surface area contributed by atoms with Crippen molar-refractivity contribution in [3.05, 3.63) is 23.9 Å². The molecule has 1 amide bonds. The SMILES string of the molecule is CNS(=O)(=O)CCNC(=O)c1n[nH]c2ccc(N)cc12. The predicted octanol–water partition coefficient (Wildman–Crippen LogP) is -0.576. The molecule has 0 unspecified atom stereocenters. The van der Waals surface area contributed by atoms with E-state index in [1.54, 1.807) is 18.2 Å². The summed E-state index contributed by atoms with van der Waals surface area (Å²) in [5.74, 6) is -0.645. The summed E-state index contributed by atoms with van der Waals surface area (Å²) < 4.78 is 24.6. The highest BCUT2D eigenvalue weighted by atomic mass is 32.2. The molecule has 1 aromatic carbocycles. The summed E-state index contributed by atoms with van der Waals surface area (Å²) in [6.07, 6.45) is 0. The number of benzene rings is 1. The van der Waals surface area contributed by atoms with Crippen molar-refractivity contribution in [3.63, 3.8) is 0 Å². The molecule has 108 valence electrons. The number of H-pyrrole nitrogens is 1. The largest absolute Gasteiger partial charge is 0.399 e. The van der Waals surface area contributed by atoms with Crippen molar-refractivity contribution in [2.24, 2.45) is 0 Å². The summed E-state index contributed by atoms with van der Waals surface area (Å²) >= 11 is 0. The zero-order valence-electron chi connectivity index (χ0n) is 10.8. The quantitative estimate of drug-likeness (QED) is 0.549. The summed E-state index contributed by atoms with van der Waals surface area (Å²) in [4.78, 5) is 12.0. The third-order valence-electron chi connectivity index (χ3n) is 2.77. The number of amides is 1. The number of carbonyl (C=O) groups is 1. The first-order valence-electron chi connectivity index (χ1n) is 5.86. The Morgan fingerprint density at radius 3 is 2.90 bits per heavy atom. The fourth-order valence-electron chi connectivity index (χ4n) is 1.69. The minimum atomic E-state index is -3.35. The van der Waals surface area contributed by atoms with Crippen LogP contribution in [0.3, 0.4) is 0 Å². The van der Waals surface area contributed by atoms with E-state index in [1.807, 2.05) is 0 Å². The molecule has 0 aliphatic carbocycles. The molecule has 5 N–H and O–H groups in total. The van der Waals surface area contributed by atoms with Crippen LogP contribution in [0.5, 0.6) is 0 Å². The van der Waals surface area contributed by atoms with Gasteiger partial charge in [-0.1, -0.05) is 0 Å². The molecule has 0 radical (unpaired) electrons. The number of carbonyl (C=O) groups excluding carboxylic acids is 1. The fraction of sp³-hybridized carbons (Fsp3) is 0.273. The van der Waals surface area contributed by atoms with Crippen LogP contribution in [0.15, 0.2) is 18.2 Å². The van der Waals surface area contributed by atoms with Crippen LogP contribution in [0.4, 0.5) is 5.69 Å². The number of anilines is 1. The number of hydrogen-bond donors (Lipinski definition) is 4. The normalized spacial score (nSPS) is 11.7. The number of nitrogens with two attached hydrogens (primary N) is 1. The van der Waals surface area contributed by atoms with E-state index in [-0.39, 0.29) is 18.0 Å². The second-order valence-electron chi connectivity index (χ2n) is 4.16. The molecule has 8 nitrogen and oxygen atoms in total. The highest BCUT2D eigenvalue weighted by Crippen LogP contribution is 2.18. The first-order chi connectivity index (χ1) is 9.43. The smallest absolute Gasteiger partial charge is 0.272 e. The third kappa shape index (κ3) is 3.06. The number of sulfonamides is 1. The van der Waals surface area contributed by atoms with Crippen molar-refractivity contribution in [1.29, 1.82) is 0 Å². The highest BCUT2D eigenvalue weighted by Gasteiger charge is 2.15. The van der Waals surface area contributed by atoms with E-state index in [1.165, 1.54) is 7.05 Å². The first kappa shape index (κ1) is 14.3. The van der Waals surface area contributed by atoms with Crippen LogP contribution in [-0.2, 0) is 10.0 Å². The van der Waals surface area contributed by atoms with Crippen LogP contribution in [-0.4, -0.2) is 43.9 Å². The minimum absolute atomic E-state index is 0.00131. The Hall–Kier alpha value is -2.13. The molecule has 0 saturated heterocycles. The van der Waals surface area contributed by atoms with Gasteiger partial charge in [-0.15, -0.1) is 0 Å². The lowest BCUT2D eigenvalue weighted by Crippen LogP contribution is -2.33. The number of nitrogen functional groups attached to an aromatic ring is 1. The van der Waals surface area contributed by atoms with E-state index in [2.05, 4.69) is 20.2 Å². The molecule has 0 fully saturated rings. The first-order valence-corrected chi connectivity index (χ1v) is 7.51. The van der Waals surface area contributed by atoms with Crippen LogP contribution in [0.1, 0.15) is 10.5 Å². The number of rotatable bonds is 5. The number of aromatic nitrogens is 2. The molecule has 0 aliphatic heterocycles. The summed E-state index contributed by atoms with van der Waals surface area (Å²) in [7, 11) is -2.03. The van der Waals surface area contributed by atoms with E-state index >= 15 is 0 Å². The number of nitrogens with one attached hydrogen (secondary N) is 3. The summed E-state index contributed by atoms with van der Waals surface area (Å²) in [5, 5.41) is 9.73. The van der Waals surface area contributed by atoms with Gasteiger partial charge in [0, 0.05) is 17.6 Å². The lowest BCUT2D eigenvalue weighted by atomic mass is 10.2. The van der Waals surface area contributed by atoms with E-state index in [0.29, 0.717) is 16.6 Å². The Balaban J connectivity index is 2.10. The maximum Gasteiger partial charge on any atom is 0.272 e. The molecule has 2 aromatic rings. The molecule has 1 heterocycles. The van der Waals surface area contributed by atoms with E-state index in [0.717, 1.165) is 0 Å². The van der Waals surface area contributed by atoms with Gasteiger partial charge in [0.2, 0.25) is 10.0 Å². The number of hydrogen-bond acceptors (Lipinski definition) is 5. The molecule has 2 rings (SSSR count). The summed E-state index contributed by atoms with van der Waals surface area (Å²) in [6, 6.07) is 5.06. The van der Waals surface area contributed by atoms with Crippen LogP contribution >= 0.6 is 0 Å². The van der Waals surface area contributed by atoms with Crippen LogP contribution in [0, 0.1) is 0 Å². The van der Waals surface area contributed by atoms with Crippen LogP contribution in [0.25, 0.3) is 10.9 Å². The van der Waals surface area contributed by atoms with Crippen molar-refractivity contribution in [3.8, 4) is 0 Å². The fourth-order valence-corrected chi connectivity index (χ4v) is 2.26. The topological polar surface area (TPSA) is 130 Å². The second-order valence-corrected chi connectivity index (χ2v) is 6.20. The van der Waals surface area contributed by atoms with Crippen molar-refractivity contribution >= 4 is 32.5 Å². The van der Waals surface area contributed by atoms with Gasteiger partial charge in [-0.25, -0.2) is 13.1 Å². The Morgan fingerprint density at radius 1 is 1.45 bits per heavy atom. The van der Waals surface area contributed by atoms with Gasteiger partial charge in [0.1, 0.15) is 0 Å². The second kappa shape index (κ2) is 5.47. The van der Waals surface area contributed by atoms with Gasteiger partial charge in [-0.05, 0) is 25.2 Å². The molecular formula is C11H15N5O3S. The van der Waals surface area contributed by atoms with E-state index < -0.39 is 15.9 Å². The standard InChI is InChI=1S/C11H15N5O3S/c1-13-20(18,19)5-4-14-11(17)10-8-6-7(12)2-3-9(8)15-16-10/h2-3,6,13H,4-5,12H2,1H3,(H,14,17)(H,15,16). The van der Waals surface area contributed by atoms with E-state index in [4.69, 9.17) is 5.73 Å². The molecule has 20 heavy (non-hydrogen) atoms. The predicted molar refractivity (Wildman–Crippen MR) is 75.7 cm³/mol. The van der Waals surface area contributed by atoms with Crippen molar-refractivity contribution < 1.29 is 13.2 Å². The lowest BCUT2D eigenvalue weighted by molar-refractivity contribution is 0.0952. The third-order valence-corrected chi connectivity index (χ3v) is 4.13. The summed E-state index contributed by atoms with van der Waals surface area (Å²) in [5.41, 5.74) is 7.06. The molecule has 1 aromatic heterocycles. The molecule has 0 saturated carbocycles. The molecule has 0 atom stereocenters. The maximum atomic E-state index is 12.0. The average Bonchev–Trinajstić information content (AvgIpc) is 2.81. The molecule has 9 heteroatoms. The van der Waals surface area contributed by atoms with Gasteiger partial charge in [0.05, 0.1) is 11.3 Å². The van der Waals surface area contributed by atoms with Gasteiger partial charge in [-0.2, -0.15) is 5.10 Å². The maximum absolute atomic E-state index is 12.0.